The first-order chi connectivity index (χ1) is 8.63. The van der Waals surface area contributed by atoms with Gasteiger partial charge in [0.05, 0.1) is 6.42 Å². The highest BCUT2D eigenvalue weighted by Crippen LogP contribution is 2.00. The standard InChI is InChI=1S/C14H23NO2S/c1-3-4-5-6-7-8-9-10-14(17)15(11-12-18)13(2)16/h7,9,18H,3-6,10-12H2,1-2H3. The first-order valence-corrected chi connectivity index (χ1v) is 7.07. The summed E-state index contributed by atoms with van der Waals surface area (Å²) < 4.78 is 0. The van der Waals surface area contributed by atoms with E-state index in [0.717, 1.165) is 12.8 Å². The predicted octanol–water partition coefficient (Wildman–Crippen LogP) is 2.97. The molecule has 2 amide bonds. The van der Waals surface area contributed by atoms with Crippen LogP contribution in [0, 0.1) is 0 Å². The van der Waals surface area contributed by atoms with E-state index in [9.17, 15) is 9.59 Å². The largest absolute Gasteiger partial charge is 0.282 e. The second-order valence-corrected chi connectivity index (χ2v) is 4.51. The molecule has 0 unspecified atom stereocenters. The summed E-state index contributed by atoms with van der Waals surface area (Å²) in [5.41, 5.74) is 2.98. The fourth-order valence-electron chi connectivity index (χ4n) is 1.48. The van der Waals surface area contributed by atoms with Crippen molar-refractivity contribution >= 4 is 24.4 Å². The number of imide groups is 1. The molecule has 102 valence electrons. The van der Waals surface area contributed by atoms with Crippen molar-refractivity contribution in [2.24, 2.45) is 0 Å². The van der Waals surface area contributed by atoms with Crippen molar-refractivity contribution in [2.75, 3.05) is 12.3 Å². The van der Waals surface area contributed by atoms with E-state index in [1.807, 2.05) is 6.08 Å². The first kappa shape index (κ1) is 17.0. The number of hydrogen-bond donors (Lipinski definition) is 1. The van der Waals surface area contributed by atoms with Crippen LogP contribution in [0.2, 0.25) is 0 Å². The van der Waals surface area contributed by atoms with Crippen LogP contribution >= 0.6 is 12.6 Å². The SMILES string of the molecule is CCCCCC=C=CCC(=O)N(CCS)C(C)=O. The second-order valence-electron chi connectivity index (χ2n) is 4.06. The average molecular weight is 269 g/mol. The molecule has 3 nitrogen and oxygen atoms in total. The maximum absolute atomic E-state index is 11.7. The lowest BCUT2D eigenvalue weighted by Crippen LogP contribution is -2.36. The number of carbonyl (C=O) groups excluding carboxylic acids is 2. The Balaban J connectivity index is 4.06. The van der Waals surface area contributed by atoms with Gasteiger partial charge in [0.1, 0.15) is 0 Å². The van der Waals surface area contributed by atoms with E-state index in [1.165, 1.54) is 24.7 Å². The summed E-state index contributed by atoms with van der Waals surface area (Å²) in [5.74, 6) is 0.0717. The van der Waals surface area contributed by atoms with E-state index >= 15 is 0 Å². The minimum Gasteiger partial charge on any atom is -0.282 e. The molecule has 0 saturated carbocycles. The van der Waals surface area contributed by atoms with Gasteiger partial charge in [0.2, 0.25) is 11.8 Å². The maximum atomic E-state index is 11.7. The Morgan fingerprint density at radius 1 is 1.28 bits per heavy atom. The summed E-state index contributed by atoms with van der Waals surface area (Å²) in [4.78, 5) is 24.1. The quantitative estimate of drug-likeness (QED) is 0.418. The van der Waals surface area contributed by atoms with E-state index < -0.39 is 0 Å². The Morgan fingerprint density at radius 2 is 2.00 bits per heavy atom. The van der Waals surface area contributed by atoms with Gasteiger partial charge in [-0.1, -0.05) is 19.8 Å². The molecule has 0 N–H and O–H groups in total. The number of unbranched alkanes of at least 4 members (excludes halogenated alkanes) is 3. The highest BCUT2D eigenvalue weighted by molar-refractivity contribution is 7.80. The lowest BCUT2D eigenvalue weighted by molar-refractivity contribution is -0.142. The summed E-state index contributed by atoms with van der Waals surface area (Å²) in [6.45, 7) is 3.92. The molecule has 0 fully saturated rings. The third-order valence-corrected chi connectivity index (χ3v) is 2.67. The lowest BCUT2D eigenvalue weighted by atomic mass is 10.2. The van der Waals surface area contributed by atoms with Crippen LogP contribution in [-0.4, -0.2) is 29.0 Å². The molecular formula is C14H23NO2S. The highest BCUT2D eigenvalue weighted by Gasteiger charge is 2.14. The monoisotopic (exact) mass is 269 g/mol. The number of carbonyl (C=O) groups is 2. The third kappa shape index (κ3) is 8.15. The summed E-state index contributed by atoms with van der Waals surface area (Å²) in [5, 5.41) is 0. The van der Waals surface area contributed by atoms with Crippen molar-refractivity contribution in [3.63, 3.8) is 0 Å². The zero-order chi connectivity index (χ0) is 13.8. The molecule has 0 aromatic rings. The van der Waals surface area contributed by atoms with Crippen LogP contribution in [0.4, 0.5) is 0 Å². The molecule has 0 aliphatic heterocycles. The normalized spacial score (nSPS) is 9.50. The minimum atomic E-state index is -0.227. The summed E-state index contributed by atoms with van der Waals surface area (Å²) in [6, 6.07) is 0. The van der Waals surface area contributed by atoms with Gasteiger partial charge >= 0.3 is 0 Å². The van der Waals surface area contributed by atoms with Crippen molar-refractivity contribution in [3.05, 3.63) is 17.9 Å². The van der Waals surface area contributed by atoms with Crippen LogP contribution in [-0.2, 0) is 9.59 Å². The molecule has 0 radical (unpaired) electrons. The number of hydrogen-bond acceptors (Lipinski definition) is 3. The molecule has 0 heterocycles. The van der Waals surface area contributed by atoms with E-state index in [-0.39, 0.29) is 18.2 Å². The minimum absolute atomic E-state index is 0.189. The summed E-state index contributed by atoms with van der Waals surface area (Å²) in [6.07, 6.45) is 8.42. The Kier molecular flexibility index (Phi) is 10.5. The smallest absolute Gasteiger partial charge is 0.233 e. The van der Waals surface area contributed by atoms with Crippen LogP contribution in [0.15, 0.2) is 17.9 Å². The van der Waals surface area contributed by atoms with Gasteiger partial charge in [-0.25, -0.2) is 0 Å². The summed E-state index contributed by atoms with van der Waals surface area (Å²) >= 11 is 4.03. The van der Waals surface area contributed by atoms with Gasteiger partial charge in [-0.05, 0) is 25.0 Å². The molecule has 0 saturated heterocycles. The molecule has 0 atom stereocenters. The van der Waals surface area contributed by atoms with E-state index in [1.54, 1.807) is 6.08 Å². The fourth-order valence-corrected chi connectivity index (χ4v) is 1.68. The van der Waals surface area contributed by atoms with Gasteiger partial charge < -0.3 is 0 Å². The topological polar surface area (TPSA) is 37.4 Å². The van der Waals surface area contributed by atoms with Crippen molar-refractivity contribution in [2.45, 2.75) is 46.0 Å². The predicted molar refractivity (Wildman–Crippen MR) is 77.7 cm³/mol. The maximum Gasteiger partial charge on any atom is 0.233 e. The van der Waals surface area contributed by atoms with Gasteiger partial charge in [-0.2, -0.15) is 12.6 Å². The number of rotatable bonds is 8. The van der Waals surface area contributed by atoms with Crippen LogP contribution in [0.25, 0.3) is 0 Å². The van der Waals surface area contributed by atoms with Gasteiger partial charge in [-0.3, -0.25) is 14.5 Å². The van der Waals surface area contributed by atoms with E-state index in [4.69, 9.17) is 0 Å². The van der Waals surface area contributed by atoms with Crippen LogP contribution in [0.1, 0.15) is 46.0 Å². The number of thiol groups is 1. The zero-order valence-electron chi connectivity index (χ0n) is 11.3. The van der Waals surface area contributed by atoms with Crippen molar-refractivity contribution in [1.82, 2.24) is 4.90 Å². The number of nitrogens with zero attached hydrogens (tertiary/aromatic N) is 1. The van der Waals surface area contributed by atoms with Crippen LogP contribution < -0.4 is 0 Å². The van der Waals surface area contributed by atoms with Crippen molar-refractivity contribution in [3.8, 4) is 0 Å². The first-order valence-electron chi connectivity index (χ1n) is 6.44. The molecule has 0 aliphatic rings. The average Bonchev–Trinajstić information content (AvgIpc) is 2.34. The van der Waals surface area contributed by atoms with E-state index in [0.29, 0.717) is 12.3 Å². The van der Waals surface area contributed by atoms with Crippen LogP contribution in [0.3, 0.4) is 0 Å². The second kappa shape index (κ2) is 11.1. The van der Waals surface area contributed by atoms with Crippen LogP contribution in [0.5, 0.6) is 0 Å². The summed E-state index contributed by atoms with van der Waals surface area (Å²) in [7, 11) is 0. The Morgan fingerprint density at radius 3 is 2.56 bits per heavy atom. The Hall–Kier alpha value is -0.990. The van der Waals surface area contributed by atoms with Gasteiger partial charge in [0.15, 0.2) is 0 Å². The van der Waals surface area contributed by atoms with Gasteiger partial charge in [-0.15, -0.1) is 5.73 Å². The molecule has 0 aromatic carbocycles. The Labute approximate surface area is 115 Å². The molecular weight excluding hydrogens is 246 g/mol. The molecule has 0 aliphatic carbocycles. The van der Waals surface area contributed by atoms with Gasteiger partial charge in [0.25, 0.3) is 0 Å². The fraction of sp³-hybridized carbons (Fsp3) is 0.643. The van der Waals surface area contributed by atoms with Crippen molar-refractivity contribution in [1.29, 1.82) is 0 Å². The lowest BCUT2D eigenvalue weighted by Gasteiger charge is -2.16. The molecule has 0 bridgehead atoms. The van der Waals surface area contributed by atoms with E-state index in [2.05, 4.69) is 25.3 Å². The highest BCUT2D eigenvalue weighted by atomic mass is 32.1. The number of amides is 2. The molecule has 4 heteroatoms. The van der Waals surface area contributed by atoms with Gasteiger partial charge in [0, 0.05) is 19.2 Å². The van der Waals surface area contributed by atoms with Crippen molar-refractivity contribution < 1.29 is 9.59 Å². The zero-order valence-corrected chi connectivity index (χ0v) is 12.2. The third-order valence-electron chi connectivity index (χ3n) is 2.47. The Bertz CT molecular complexity index is 320. The molecule has 0 spiro atoms. The molecule has 0 rings (SSSR count). The molecule has 0 aromatic heterocycles. The molecule has 18 heavy (non-hydrogen) atoms.